The van der Waals surface area contributed by atoms with Crippen molar-refractivity contribution in [2.45, 2.75) is 53.8 Å². The first kappa shape index (κ1) is 29.6. The lowest BCUT2D eigenvalue weighted by molar-refractivity contribution is -0.147. The number of benzene rings is 3. The number of esters is 1. The second-order valence-corrected chi connectivity index (χ2v) is 10.9. The summed E-state index contributed by atoms with van der Waals surface area (Å²) in [4.78, 5) is 18.4. The number of carbonyl (C=O) groups is 1. The number of oxime groups is 1. The third-order valence-corrected chi connectivity index (χ3v) is 7.08. The molecule has 0 amide bonds. The lowest BCUT2D eigenvalue weighted by Gasteiger charge is -2.26. The lowest BCUT2D eigenvalue weighted by Crippen LogP contribution is -2.38. The summed E-state index contributed by atoms with van der Waals surface area (Å²) >= 11 is 0. The van der Waals surface area contributed by atoms with E-state index in [2.05, 4.69) is 48.4 Å². The van der Waals surface area contributed by atoms with Crippen molar-refractivity contribution in [3.63, 3.8) is 0 Å². The van der Waals surface area contributed by atoms with Gasteiger partial charge in [-0.2, -0.15) is 5.10 Å². The van der Waals surface area contributed by atoms with Gasteiger partial charge in [-0.15, -0.1) is 0 Å². The maximum atomic E-state index is 12.8. The number of rotatable bonds is 13. The third-order valence-electron chi connectivity index (χ3n) is 7.08. The minimum absolute atomic E-state index is 0.324. The van der Waals surface area contributed by atoms with Crippen LogP contribution in [0.25, 0.3) is 5.69 Å². The van der Waals surface area contributed by atoms with Crippen molar-refractivity contribution >= 4 is 11.7 Å². The maximum absolute atomic E-state index is 12.8. The Balaban J connectivity index is 1.35. The standard InChI is InChI=1S/C34H39N3O4/c1-25(2)19-27-11-15-31(16-12-27)37-22-30(21-35-37)23-40-32-17-13-28(14-18-32)20-34(4,33(38)39-5)26(3)36-41-24-29-9-7-6-8-10-29/h6-18,21-22,25H,19-20,23-24H2,1-5H3/b36-26+. The van der Waals surface area contributed by atoms with Gasteiger partial charge in [-0.3, -0.25) is 4.79 Å². The van der Waals surface area contributed by atoms with E-state index in [1.165, 1.54) is 12.7 Å². The van der Waals surface area contributed by atoms with Gasteiger partial charge in [0, 0.05) is 11.8 Å². The van der Waals surface area contributed by atoms with Crippen molar-refractivity contribution in [2.75, 3.05) is 7.11 Å². The molecule has 1 aromatic heterocycles. The highest BCUT2D eigenvalue weighted by atomic mass is 16.6. The van der Waals surface area contributed by atoms with Crippen molar-refractivity contribution < 1.29 is 19.1 Å². The molecule has 7 heteroatoms. The number of aromatic nitrogens is 2. The molecule has 4 aromatic rings. The topological polar surface area (TPSA) is 74.9 Å². The third kappa shape index (κ3) is 8.07. The van der Waals surface area contributed by atoms with E-state index in [4.69, 9.17) is 14.3 Å². The molecule has 7 nitrogen and oxygen atoms in total. The van der Waals surface area contributed by atoms with Crippen LogP contribution in [0.15, 0.2) is 96.4 Å². The molecule has 0 bridgehead atoms. The first-order valence-electron chi connectivity index (χ1n) is 13.9. The molecule has 0 saturated carbocycles. The maximum Gasteiger partial charge on any atom is 0.317 e. The number of methoxy groups -OCH3 is 1. The fourth-order valence-electron chi connectivity index (χ4n) is 4.56. The summed E-state index contributed by atoms with van der Waals surface area (Å²) < 4.78 is 13.0. The number of nitrogens with zero attached hydrogens (tertiary/aromatic N) is 3. The van der Waals surface area contributed by atoms with E-state index in [-0.39, 0.29) is 5.97 Å². The number of hydrogen-bond donors (Lipinski definition) is 0. The largest absolute Gasteiger partial charge is 0.489 e. The molecule has 0 aliphatic rings. The zero-order valence-electron chi connectivity index (χ0n) is 24.5. The molecule has 41 heavy (non-hydrogen) atoms. The summed E-state index contributed by atoms with van der Waals surface area (Å²) in [6.45, 7) is 8.78. The van der Waals surface area contributed by atoms with Crippen LogP contribution in [0, 0.1) is 11.3 Å². The Hall–Kier alpha value is -4.39. The number of ether oxygens (including phenoxy) is 2. The quantitative estimate of drug-likeness (QED) is 0.102. The molecule has 1 atom stereocenters. The van der Waals surface area contributed by atoms with E-state index in [0.29, 0.717) is 31.3 Å². The van der Waals surface area contributed by atoms with Crippen molar-refractivity contribution in [1.82, 2.24) is 9.78 Å². The number of carbonyl (C=O) groups excluding carboxylic acids is 1. The summed E-state index contributed by atoms with van der Waals surface area (Å²) in [7, 11) is 1.39. The van der Waals surface area contributed by atoms with Gasteiger partial charge in [-0.25, -0.2) is 4.68 Å². The Morgan fingerprint density at radius 3 is 2.24 bits per heavy atom. The first-order chi connectivity index (χ1) is 19.8. The monoisotopic (exact) mass is 553 g/mol. The Kier molecular flexibility index (Phi) is 9.95. The van der Waals surface area contributed by atoms with Gasteiger partial charge in [0.05, 0.1) is 24.7 Å². The second kappa shape index (κ2) is 13.8. The molecule has 3 aromatic carbocycles. The fraction of sp³-hybridized carbons (Fsp3) is 0.324. The Bertz CT molecular complexity index is 1430. The van der Waals surface area contributed by atoms with Gasteiger partial charge < -0.3 is 14.3 Å². The van der Waals surface area contributed by atoms with Gasteiger partial charge in [0.2, 0.25) is 0 Å². The highest BCUT2D eigenvalue weighted by Gasteiger charge is 2.38. The van der Waals surface area contributed by atoms with Crippen LogP contribution < -0.4 is 4.74 Å². The molecule has 0 aliphatic carbocycles. The summed E-state index contributed by atoms with van der Waals surface area (Å²) in [5.41, 5.74) is 4.85. The van der Waals surface area contributed by atoms with E-state index in [9.17, 15) is 4.79 Å². The SMILES string of the molecule is COC(=O)C(C)(Cc1ccc(OCc2cnn(-c3ccc(CC(C)C)cc3)c2)cc1)/C(C)=N/OCc1ccccc1. The summed E-state index contributed by atoms with van der Waals surface area (Å²) in [5, 5.41) is 8.75. The van der Waals surface area contributed by atoms with Crippen LogP contribution in [-0.4, -0.2) is 28.6 Å². The van der Waals surface area contributed by atoms with Crippen LogP contribution >= 0.6 is 0 Å². The van der Waals surface area contributed by atoms with Gasteiger partial charge in [-0.05, 0) is 73.6 Å². The van der Waals surface area contributed by atoms with Crippen LogP contribution in [0.1, 0.15) is 49.9 Å². The van der Waals surface area contributed by atoms with E-state index >= 15 is 0 Å². The van der Waals surface area contributed by atoms with Crippen LogP contribution in [0.3, 0.4) is 0 Å². The normalized spacial score (nSPS) is 13.1. The van der Waals surface area contributed by atoms with Crippen molar-refractivity contribution in [3.05, 3.63) is 114 Å². The number of hydrogen-bond acceptors (Lipinski definition) is 6. The van der Waals surface area contributed by atoms with Crippen molar-refractivity contribution in [2.24, 2.45) is 16.5 Å². The average Bonchev–Trinajstić information content (AvgIpc) is 3.46. The van der Waals surface area contributed by atoms with Crippen LogP contribution in [0.2, 0.25) is 0 Å². The molecule has 0 fully saturated rings. The van der Waals surface area contributed by atoms with Gasteiger partial charge in [0.15, 0.2) is 0 Å². The smallest absolute Gasteiger partial charge is 0.317 e. The predicted octanol–water partition coefficient (Wildman–Crippen LogP) is 6.96. The summed E-state index contributed by atoms with van der Waals surface area (Å²) in [6, 6.07) is 26.0. The van der Waals surface area contributed by atoms with Gasteiger partial charge in [0.25, 0.3) is 0 Å². The molecular formula is C34H39N3O4. The molecule has 0 spiro atoms. The van der Waals surface area contributed by atoms with Crippen LogP contribution in [0.5, 0.6) is 5.75 Å². The Morgan fingerprint density at radius 1 is 0.902 bits per heavy atom. The zero-order chi connectivity index (χ0) is 29.2. The Morgan fingerprint density at radius 2 is 1.59 bits per heavy atom. The highest BCUT2D eigenvalue weighted by Crippen LogP contribution is 2.28. The van der Waals surface area contributed by atoms with Gasteiger partial charge in [-0.1, -0.05) is 73.6 Å². The minimum atomic E-state index is -0.977. The Labute approximate surface area is 242 Å². The van der Waals surface area contributed by atoms with E-state index in [1.807, 2.05) is 78.6 Å². The van der Waals surface area contributed by atoms with Gasteiger partial charge in [0.1, 0.15) is 24.4 Å². The molecule has 0 radical (unpaired) electrons. The average molecular weight is 554 g/mol. The predicted molar refractivity (Wildman–Crippen MR) is 161 cm³/mol. The molecular weight excluding hydrogens is 514 g/mol. The second-order valence-electron chi connectivity index (χ2n) is 10.9. The van der Waals surface area contributed by atoms with Gasteiger partial charge >= 0.3 is 5.97 Å². The van der Waals surface area contributed by atoms with Crippen molar-refractivity contribution in [1.29, 1.82) is 0 Å². The molecule has 1 heterocycles. The zero-order valence-corrected chi connectivity index (χ0v) is 24.5. The molecule has 214 valence electrons. The van der Waals surface area contributed by atoms with Crippen LogP contribution in [0.4, 0.5) is 0 Å². The highest BCUT2D eigenvalue weighted by molar-refractivity contribution is 6.05. The molecule has 0 aliphatic heterocycles. The lowest BCUT2D eigenvalue weighted by atomic mass is 9.79. The summed E-state index contributed by atoms with van der Waals surface area (Å²) in [5.74, 6) is 0.994. The van der Waals surface area contributed by atoms with E-state index in [0.717, 1.165) is 34.5 Å². The molecule has 0 N–H and O–H groups in total. The minimum Gasteiger partial charge on any atom is -0.489 e. The summed E-state index contributed by atoms with van der Waals surface area (Å²) in [6.07, 6.45) is 5.28. The van der Waals surface area contributed by atoms with Crippen molar-refractivity contribution in [3.8, 4) is 11.4 Å². The molecule has 4 rings (SSSR count). The fourth-order valence-corrected chi connectivity index (χ4v) is 4.56. The van der Waals surface area contributed by atoms with E-state index in [1.54, 1.807) is 6.92 Å². The first-order valence-corrected chi connectivity index (χ1v) is 13.9. The molecule has 1 unspecified atom stereocenters. The molecule has 0 saturated heterocycles. The van der Waals surface area contributed by atoms with Crippen LogP contribution in [-0.2, 0) is 40.4 Å². The van der Waals surface area contributed by atoms with E-state index < -0.39 is 5.41 Å².